The van der Waals surface area contributed by atoms with Gasteiger partial charge < -0.3 is 14.2 Å². The largest absolute Gasteiger partial charge is 0.332 e. The maximum Gasteiger partial charge on any atom is 0.332 e. The Morgan fingerprint density at radius 2 is 1.46 bits per heavy atom. The van der Waals surface area contributed by atoms with E-state index in [2.05, 4.69) is 4.98 Å². The lowest BCUT2D eigenvalue weighted by Gasteiger charge is -2.10. The molecule has 0 atom stereocenters. The maximum atomic E-state index is 12.9. The molecule has 2 heterocycles. The summed E-state index contributed by atoms with van der Waals surface area (Å²) in [4.78, 5) is 51.7. The van der Waals surface area contributed by atoms with Crippen molar-refractivity contribution in [3.8, 4) is 0 Å². The summed E-state index contributed by atoms with van der Waals surface area (Å²) in [6.07, 6.45) is 7.53. The number of rotatable bonds is 12. The standard InChI is InChI=1S/C20H30N4O4/c1-15(25)10-6-4-8-12-23-14-21-18-17(23)19(27)24(20(28)22(18)3)13-9-5-7-11-16(2)26/h14H,4-13H2,1-3H3. The van der Waals surface area contributed by atoms with Gasteiger partial charge in [-0.15, -0.1) is 0 Å². The number of aryl methyl sites for hydroxylation is 2. The molecule has 0 fully saturated rings. The molecule has 2 aromatic rings. The van der Waals surface area contributed by atoms with Crippen molar-refractivity contribution in [2.45, 2.75) is 78.3 Å². The Labute approximate surface area is 164 Å². The predicted molar refractivity (Wildman–Crippen MR) is 108 cm³/mol. The molecule has 0 amide bonds. The number of fused-ring (bicyclic) bond motifs is 1. The van der Waals surface area contributed by atoms with Crippen LogP contribution in [-0.2, 0) is 29.7 Å². The molecule has 154 valence electrons. The van der Waals surface area contributed by atoms with Crippen molar-refractivity contribution in [2.75, 3.05) is 0 Å². The smallest absolute Gasteiger partial charge is 0.325 e. The average molecular weight is 390 g/mol. The van der Waals surface area contributed by atoms with E-state index in [4.69, 9.17) is 0 Å². The van der Waals surface area contributed by atoms with Gasteiger partial charge >= 0.3 is 5.69 Å². The highest BCUT2D eigenvalue weighted by Gasteiger charge is 2.15. The molecule has 0 N–H and O–H groups in total. The number of carbonyl (C=O) groups is 2. The predicted octanol–water partition coefficient (Wildman–Crippen LogP) is 2.20. The molecule has 0 spiro atoms. The van der Waals surface area contributed by atoms with Crippen LogP contribution in [0.3, 0.4) is 0 Å². The maximum absolute atomic E-state index is 12.9. The van der Waals surface area contributed by atoms with Crippen LogP contribution in [0, 0.1) is 0 Å². The summed E-state index contributed by atoms with van der Waals surface area (Å²) in [5.41, 5.74) is 0.158. The van der Waals surface area contributed by atoms with E-state index in [-0.39, 0.29) is 22.8 Å². The van der Waals surface area contributed by atoms with E-state index in [9.17, 15) is 19.2 Å². The van der Waals surface area contributed by atoms with E-state index in [1.54, 1.807) is 31.8 Å². The van der Waals surface area contributed by atoms with E-state index in [1.807, 2.05) is 0 Å². The van der Waals surface area contributed by atoms with Crippen molar-refractivity contribution < 1.29 is 9.59 Å². The number of Topliss-reactive ketones (excluding diaryl/α,β-unsaturated/α-hetero) is 2. The minimum Gasteiger partial charge on any atom is -0.325 e. The zero-order chi connectivity index (χ0) is 20.7. The molecule has 2 rings (SSSR count). The summed E-state index contributed by atoms with van der Waals surface area (Å²) < 4.78 is 4.49. The van der Waals surface area contributed by atoms with E-state index in [1.165, 1.54) is 9.13 Å². The monoisotopic (exact) mass is 390 g/mol. The number of aromatic nitrogens is 4. The fourth-order valence-corrected chi connectivity index (χ4v) is 3.34. The van der Waals surface area contributed by atoms with Gasteiger partial charge in [0, 0.05) is 33.0 Å². The first-order valence-electron chi connectivity index (χ1n) is 9.96. The van der Waals surface area contributed by atoms with Gasteiger partial charge in [0.1, 0.15) is 11.6 Å². The van der Waals surface area contributed by atoms with Crippen LogP contribution in [0.5, 0.6) is 0 Å². The van der Waals surface area contributed by atoms with Crippen molar-refractivity contribution in [1.29, 1.82) is 0 Å². The Morgan fingerprint density at radius 3 is 2.04 bits per heavy atom. The molecule has 0 unspecified atom stereocenters. The van der Waals surface area contributed by atoms with Gasteiger partial charge in [-0.1, -0.05) is 12.8 Å². The first-order chi connectivity index (χ1) is 13.3. The van der Waals surface area contributed by atoms with E-state index in [0.717, 1.165) is 32.1 Å². The second-order valence-corrected chi connectivity index (χ2v) is 7.43. The highest BCUT2D eigenvalue weighted by molar-refractivity contribution is 5.75. The molecular formula is C20H30N4O4. The van der Waals surface area contributed by atoms with E-state index in [0.29, 0.717) is 43.5 Å². The summed E-state index contributed by atoms with van der Waals surface area (Å²) in [5.74, 6) is 0.343. The van der Waals surface area contributed by atoms with Gasteiger partial charge in [0.05, 0.1) is 6.33 Å². The molecule has 0 aliphatic carbocycles. The van der Waals surface area contributed by atoms with E-state index < -0.39 is 0 Å². The van der Waals surface area contributed by atoms with Crippen LogP contribution in [-0.4, -0.2) is 30.3 Å². The first-order valence-corrected chi connectivity index (χ1v) is 9.96. The van der Waals surface area contributed by atoms with Gasteiger partial charge in [-0.05, 0) is 39.5 Å². The summed E-state index contributed by atoms with van der Waals surface area (Å²) >= 11 is 0. The van der Waals surface area contributed by atoms with Crippen molar-refractivity contribution in [3.05, 3.63) is 27.2 Å². The molecule has 0 aromatic carbocycles. The molecule has 8 nitrogen and oxygen atoms in total. The summed E-state index contributed by atoms with van der Waals surface area (Å²) in [7, 11) is 1.63. The van der Waals surface area contributed by atoms with Crippen LogP contribution in [0.4, 0.5) is 0 Å². The minimum absolute atomic E-state index is 0.154. The number of carbonyl (C=O) groups excluding carboxylic acids is 2. The third kappa shape index (κ3) is 5.50. The minimum atomic E-state index is -0.365. The van der Waals surface area contributed by atoms with Gasteiger partial charge in [-0.3, -0.25) is 13.9 Å². The van der Waals surface area contributed by atoms with Crippen LogP contribution in [0.2, 0.25) is 0 Å². The summed E-state index contributed by atoms with van der Waals surface area (Å²) in [6, 6.07) is 0. The van der Waals surface area contributed by atoms with Gasteiger partial charge in [0.2, 0.25) is 0 Å². The molecule has 28 heavy (non-hydrogen) atoms. The Kier molecular flexibility index (Phi) is 7.90. The van der Waals surface area contributed by atoms with Crippen LogP contribution in [0.15, 0.2) is 15.9 Å². The van der Waals surface area contributed by atoms with Crippen molar-refractivity contribution in [3.63, 3.8) is 0 Å². The molecule has 8 heteroatoms. The molecule has 0 bridgehead atoms. The zero-order valence-electron chi connectivity index (χ0n) is 17.1. The Balaban J connectivity index is 2.13. The molecule has 0 saturated heterocycles. The second-order valence-electron chi connectivity index (χ2n) is 7.43. The third-order valence-corrected chi connectivity index (χ3v) is 4.94. The van der Waals surface area contributed by atoms with Crippen LogP contribution in [0.25, 0.3) is 11.2 Å². The highest BCUT2D eigenvalue weighted by atomic mass is 16.2. The number of imidazole rings is 1. The van der Waals surface area contributed by atoms with Gasteiger partial charge in [0.15, 0.2) is 11.2 Å². The molecular weight excluding hydrogens is 360 g/mol. The fraction of sp³-hybridized carbons (Fsp3) is 0.650. The number of hydrogen-bond acceptors (Lipinski definition) is 5. The van der Waals surface area contributed by atoms with Crippen LogP contribution >= 0.6 is 0 Å². The summed E-state index contributed by atoms with van der Waals surface area (Å²) in [5, 5.41) is 0. The Bertz CT molecular complexity index is 951. The Hall–Kier alpha value is -2.51. The normalized spacial score (nSPS) is 11.2. The number of ketones is 2. The molecule has 0 saturated carbocycles. The first kappa shape index (κ1) is 21.8. The molecule has 0 aliphatic heterocycles. The number of hydrogen-bond donors (Lipinski definition) is 0. The molecule has 0 radical (unpaired) electrons. The zero-order valence-corrected chi connectivity index (χ0v) is 17.1. The Morgan fingerprint density at radius 1 is 0.893 bits per heavy atom. The lowest BCUT2D eigenvalue weighted by atomic mass is 10.1. The quantitative estimate of drug-likeness (QED) is 0.518. The summed E-state index contributed by atoms with van der Waals surface area (Å²) in [6.45, 7) is 4.12. The lowest BCUT2D eigenvalue weighted by Crippen LogP contribution is -2.39. The van der Waals surface area contributed by atoms with Gasteiger partial charge in [-0.2, -0.15) is 0 Å². The van der Waals surface area contributed by atoms with Crippen molar-refractivity contribution in [2.24, 2.45) is 7.05 Å². The third-order valence-electron chi connectivity index (χ3n) is 4.94. The highest BCUT2D eigenvalue weighted by Crippen LogP contribution is 2.10. The average Bonchev–Trinajstić information content (AvgIpc) is 3.05. The lowest BCUT2D eigenvalue weighted by molar-refractivity contribution is -0.117. The number of nitrogens with zero attached hydrogens (tertiary/aromatic N) is 4. The van der Waals surface area contributed by atoms with Crippen LogP contribution in [0.1, 0.15) is 65.2 Å². The molecule has 0 aliphatic rings. The second kappa shape index (κ2) is 10.1. The van der Waals surface area contributed by atoms with Crippen LogP contribution < -0.4 is 11.2 Å². The van der Waals surface area contributed by atoms with Crippen molar-refractivity contribution in [1.82, 2.24) is 18.7 Å². The van der Waals surface area contributed by atoms with Crippen molar-refractivity contribution >= 4 is 22.7 Å². The number of unbranched alkanes of at least 4 members (excludes halogenated alkanes) is 4. The van der Waals surface area contributed by atoms with Gasteiger partial charge in [0.25, 0.3) is 5.56 Å². The van der Waals surface area contributed by atoms with E-state index >= 15 is 0 Å². The SMILES string of the molecule is CC(=O)CCCCCn1c(=O)c2c(ncn2CCCCCC(C)=O)n(C)c1=O. The fourth-order valence-electron chi connectivity index (χ4n) is 3.34. The van der Waals surface area contributed by atoms with Gasteiger partial charge in [-0.25, -0.2) is 9.78 Å². The topological polar surface area (TPSA) is 96.0 Å². The molecule has 2 aromatic heterocycles.